The Morgan fingerprint density at radius 2 is 1.14 bits per heavy atom. The fraction of sp³-hybridized carbons (Fsp3) is 0.773. The Bertz CT molecular complexity index is 482. The summed E-state index contributed by atoms with van der Waals surface area (Å²) in [6.45, 7) is 8.31. The molecule has 7 heteroatoms. The zero-order chi connectivity index (χ0) is 22.0. The van der Waals surface area contributed by atoms with Crippen LogP contribution < -0.4 is 0 Å². The quantitative estimate of drug-likeness (QED) is 0.135. The summed E-state index contributed by atoms with van der Waals surface area (Å²) in [4.78, 5) is 35.6. The number of ether oxygens (including phenoxy) is 2. The van der Waals surface area contributed by atoms with Crippen LogP contribution in [0.25, 0.3) is 0 Å². The molecule has 0 unspecified atom stereocenters. The number of unbranched alkanes of at least 4 members (excludes halogenated alkanes) is 4. The molecular formula is C22H40O6Si. The summed E-state index contributed by atoms with van der Waals surface area (Å²) in [7, 11) is -2.18. The third-order valence-corrected chi connectivity index (χ3v) is 9.17. The van der Waals surface area contributed by atoms with E-state index in [2.05, 4.69) is 20.8 Å². The molecule has 0 amide bonds. The maximum absolute atomic E-state index is 12.4. The average molecular weight is 429 g/mol. The lowest BCUT2D eigenvalue weighted by Gasteiger charge is -2.31. The zero-order valence-electron chi connectivity index (χ0n) is 18.8. The van der Waals surface area contributed by atoms with Gasteiger partial charge < -0.3 is 13.9 Å². The van der Waals surface area contributed by atoms with Gasteiger partial charge in [-0.25, -0.2) is 14.4 Å². The van der Waals surface area contributed by atoms with Gasteiger partial charge in [-0.2, -0.15) is 0 Å². The van der Waals surface area contributed by atoms with E-state index in [4.69, 9.17) is 13.9 Å². The van der Waals surface area contributed by atoms with E-state index in [9.17, 15) is 14.4 Å². The van der Waals surface area contributed by atoms with Crippen molar-refractivity contribution >= 4 is 26.2 Å². The molecule has 0 aliphatic rings. The van der Waals surface area contributed by atoms with Crippen molar-refractivity contribution in [1.82, 2.24) is 0 Å². The Morgan fingerprint density at radius 1 is 0.690 bits per heavy atom. The van der Waals surface area contributed by atoms with Crippen LogP contribution in [-0.2, 0) is 28.3 Å². The molecule has 0 aromatic carbocycles. The second kappa shape index (κ2) is 17.2. The van der Waals surface area contributed by atoms with Gasteiger partial charge in [0.2, 0.25) is 0 Å². The Labute approximate surface area is 177 Å². The molecule has 0 bridgehead atoms. The number of hydrogen-bond acceptors (Lipinski definition) is 6. The maximum atomic E-state index is 12.4. The Balaban J connectivity index is 4.66. The molecule has 0 aromatic rings. The molecule has 0 aromatic heterocycles. The van der Waals surface area contributed by atoms with Crippen LogP contribution in [0, 0.1) is 0 Å². The Kier molecular flexibility index (Phi) is 16.3. The van der Waals surface area contributed by atoms with E-state index >= 15 is 0 Å². The lowest BCUT2D eigenvalue weighted by molar-refractivity contribution is -0.150. The molecular weight excluding hydrogens is 388 g/mol. The summed E-state index contributed by atoms with van der Waals surface area (Å²) < 4.78 is 15.9. The highest BCUT2D eigenvalue weighted by atomic mass is 28.4. The highest BCUT2D eigenvalue weighted by molar-refractivity contribution is 6.75. The fourth-order valence-corrected chi connectivity index (χ4v) is 7.57. The topological polar surface area (TPSA) is 78.9 Å². The van der Waals surface area contributed by atoms with Gasteiger partial charge in [-0.1, -0.05) is 72.6 Å². The molecule has 29 heavy (non-hydrogen) atoms. The van der Waals surface area contributed by atoms with Crippen molar-refractivity contribution in [3.63, 3.8) is 0 Å². The van der Waals surface area contributed by atoms with Gasteiger partial charge in [0.15, 0.2) is 6.61 Å². The highest BCUT2D eigenvalue weighted by Gasteiger charge is 2.36. The van der Waals surface area contributed by atoms with E-state index < -0.39 is 32.8 Å². The fourth-order valence-electron chi connectivity index (χ4n) is 2.98. The first-order valence-corrected chi connectivity index (χ1v) is 13.7. The summed E-state index contributed by atoms with van der Waals surface area (Å²) >= 11 is 0. The maximum Gasteiger partial charge on any atom is 0.331 e. The van der Waals surface area contributed by atoms with Crippen LogP contribution in [0.5, 0.6) is 0 Å². The largest absolute Gasteiger partial charge is 0.517 e. The molecule has 0 aliphatic carbocycles. The van der Waals surface area contributed by atoms with Gasteiger partial charge in [0.25, 0.3) is 8.32 Å². The van der Waals surface area contributed by atoms with Crippen LogP contribution in [0.4, 0.5) is 0 Å². The number of esters is 2. The van der Waals surface area contributed by atoms with Crippen LogP contribution in [0.3, 0.4) is 0 Å². The number of carbonyl (C=O) groups excluding carboxylic acids is 3. The van der Waals surface area contributed by atoms with E-state index in [1.807, 2.05) is 6.92 Å². The summed E-state index contributed by atoms with van der Waals surface area (Å²) in [6, 6.07) is 2.89. The molecule has 0 heterocycles. The molecule has 0 N–H and O–H groups in total. The van der Waals surface area contributed by atoms with E-state index in [1.165, 1.54) is 0 Å². The second-order valence-electron chi connectivity index (χ2n) is 7.43. The molecule has 0 rings (SSSR count). The minimum Gasteiger partial charge on any atom is -0.517 e. The molecule has 0 saturated carbocycles. The monoisotopic (exact) mass is 428 g/mol. The summed E-state index contributed by atoms with van der Waals surface area (Å²) in [5.74, 6) is -1.83. The number of carbonyl (C=O) groups is 3. The lowest BCUT2D eigenvalue weighted by atomic mass is 10.4. The Morgan fingerprint density at radius 3 is 1.59 bits per heavy atom. The van der Waals surface area contributed by atoms with Crippen molar-refractivity contribution in [2.24, 2.45) is 0 Å². The van der Waals surface area contributed by atoms with E-state index in [0.717, 1.165) is 81.7 Å². The SMILES string of the molecule is CCCCOC(=O)C=CC(=O)OCC(=O)O[Si](CCCC)(CCCC)CCCC. The minimum absolute atomic E-state index is 0.320. The predicted octanol–water partition coefficient (Wildman–Crippen LogP) is 5.32. The molecule has 0 atom stereocenters. The van der Waals surface area contributed by atoms with Crippen molar-refractivity contribution in [2.45, 2.75) is 97.2 Å². The third-order valence-electron chi connectivity index (χ3n) is 4.72. The first kappa shape index (κ1) is 27.4. The van der Waals surface area contributed by atoms with Crippen LogP contribution in [-0.4, -0.2) is 39.4 Å². The van der Waals surface area contributed by atoms with Crippen LogP contribution in [0.2, 0.25) is 18.1 Å². The Hall–Kier alpha value is -1.63. The molecule has 0 saturated heterocycles. The van der Waals surface area contributed by atoms with Crippen molar-refractivity contribution < 1.29 is 28.3 Å². The predicted molar refractivity (Wildman–Crippen MR) is 117 cm³/mol. The smallest absolute Gasteiger partial charge is 0.331 e. The number of rotatable bonds is 17. The molecule has 0 spiro atoms. The van der Waals surface area contributed by atoms with Gasteiger partial charge in [0.1, 0.15) is 0 Å². The first-order valence-electron chi connectivity index (χ1n) is 11.2. The van der Waals surface area contributed by atoms with Gasteiger partial charge in [0, 0.05) is 12.2 Å². The van der Waals surface area contributed by atoms with Gasteiger partial charge in [-0.05, 0) is 24.6 Å². The van der Waals surface area contributed by atoms with Gasteiger partial charge in [-0.15, -0.1) is 0 Å². The summed E-state index contributed by atoms with van der Waals surface area (Å²) in [5, 5.41) is 0. The van der Waals surface area contributed by atoms with Gasteiger partial charge in [0.05, 0.1) is 6.61 Å². The third kappa shape index (κ3) is 14.1. The van der Waals surface area contributed by atoms with E-state index in [1.54, 1.807) is 0 Å². The highest BCUT2D eigenvalue weighted by Crippen LogP contribution is 2.29. The first-order chi connectivity index (χ1) is 13.9. The summed E-state index contributed by atoms with van der Waals surface area (Å²) in [6.07, 6.45) is 10.1. The molecule has 0 radical (unpaired) electrons. The number of hydrogen-bond donors (Lipinski definition) is 0. The van der Waals surface area contributed by atoms with Crippen molar-refractivity contribution in [3.05, 3.63) is 12.2 Å². The van der Waals surface area contributed by atoms with Crippen molar-refractivity contribution in [3.8, 4) is 0 Å². The average Bonchev–Trinajstić information content (AvgIpc) is 2.71. The van der Waals surface area contributed by atoms with Crippen LogP contribution in [0.15, 0.2) is 12.2 Å². The zero-order valence-corrected chi connectivity index (χ0v) is 19.8. The van der Waals surface area contributed by atoms with Gasteiger partial charge in [-0.3, -0.25) is 0 Å². The van der Waals surface area contributed by atoms with Crippen LogP contribution >= 0.6 is 0 Å². The standard InChI is InChI=1S/C22H40O6Si/c1-5-9-15-26-20(23)13-14-21(24)27-19-22(25)28-29(16-10-6-2,17-11-7-3)18-12-8-4/h13-14H,5-12,15-19H2,1-4H3. The van der Waals surface area contributed by atoms with Crippen molar-refractivity contribution in [2.75, 3.05) is 13.2 Å². The van der Waals surface area contributed by atoms with Gasteiger partial charge >= 0.3 is 17.9 Å². The summed E-state index contributed by atoms with van der Waals surface area (Å²) in [5.41, 5.74) is 0. The molecule has 168 valence electrons. The minimum atomic E-state index is -2.18. The normalized spacial score (nSPS) is 11.4. The van der Waals surface area contributed by atoms with E-state index in [0.29, 0.717) is 6.61 Å². The molecule has 0 fully saturated rings. The molecule has 0 aliphatic heterocycles. The second-order valence-corrected chi connectivity index (χ2v) is 11.5. The molecule has 6 nitrogen and oxygen atoms in total. The lowest BCUT2D eigenvalue weighted by Crippen LogP contribution is -2.41. The van der Waals surface area contributed by atoms with E-state index in [-0.39, 0.29) is 0 Å². The van der Waals surface area contributed by atoms with Crippen molar-refractivity contribution in [1.29, 1.82) is 0 Å². The van der Waals surface area contributed by atoms with Crippen LogP contribution in [0.1, 0.15) is 79.1 Å².